The molecule has 0 saturated carbocycles. The number of hydrogen-bond donors (Lipinski definition) is 1. The molecule has 0 fully saturated rings. The Morgan fingerprint density at radius 3 is 2.86 bits per heavy atom. The van der Waals surface area contributed by atoms with Gasteiger partial charge < -0.3 is 5.11 Å². The third-order valence-corrected chi connectivity index (χ3v) is 3.48. The van der Waals surface area contributed by atoms with Crippen LogP contribution in [0.3, 0.4) is 0 Å². The minimum atomic E-state index is 0.209. The summed E-state index contributed by atoms with van der Waals surface area (Å²) >= 11 is 5.78. The van der Waals surface area contributed by atoms with Crippen molar-refractivity contribution in [3.63, 3.8) is 0 Å². The molecule has 78 valence electrons. The number of aliphatic hydroxyl groups is 1. The summed E-state index contributed by atoms with van der Waals surface area (Å²) in [6.45, 7) is 1.79. The lowest BCUT2D eigenvalue weighted by atomic mass is 10.2. The van der Waals surface area contributed by atoms with E-state index in [0.717, 1.165) is 11.0 Å². The number of nitrogens with zero attached hydrogens (tertiary/aromatic N) is 1. The van der Waals surface area contributed by atoms with E-state index < -0.39 is 0 Å². The molecular weight excluding hydrogens is 357 g/mol. The predicted octanol–water partition coefficient (Wildman–Crippen LogP) is 2.48. The maximum absolute atomic E-state index is 8.79. The van der Waals surface area contributed by atoms with Crippen LogP contribution in [0.1, 0.15) is 5.56 Å². The van der Waals surface area contributed by atoms with Crippen LogP contribution in [0.15, 0.2) is 22.7 Å². The largest absolute Gasteiger partial charge is 0.395 e. The average molecular weight is 370 g/mol. The van der Waals surface area contributed by atoms with Crippen LogP contribution >= 0.6 is 38.5 Å². The van der Waals surface area contributed by atoms with Gasteiger partial charge in [0.1, 0.15) is 0 Å². The van der Waals surface area contributed by atoms with Crippen molar-refractivity contribution in [1.29, 1.82) is 0 Å². The van der Waals surface area contributed by atoms with Crippen LogP contribution in [0.4, 0.5) is 0 Å². The Bertz CT molecular complexity index is 306. The molecule has 4 heteroatoms. The zero-order chi connectivity index (χ0) is 10.6. The minimum absolute atomic E-state index is 0.209. The molecule has 14 heavy (non-hydrogen) atoms. The Hall–Kier alpha value is 0.350. The molecular formula is C10H13BrINO. The number of likely N-dealkylation sites (N-methyl/N-ethyl adjacent to an activating group) is 1. The van der Waals surface area contributed by atoms with Gasteiger partial charge in [0.15, 0.2) is 0 Å². The first-order valence-corrected chi connectivity index (χ1v) is 6.24. The Morgan fingerprint density at radius 1 is 1.50 bits per heavy atom. The molecule has 2 nitrogen and oxygen atoms in total. The molecule has 0 unspecified atom stereocenters. The first-order chi connectivity index (χ1) is 6.63. The van der Waals surface area contributed by atoms with Gasteiger partial charge in [-0.25, -0.2) is 0 Å². The summed E-state index contributed by atoms with van der Waals surface area (Å²) in [5.41, 5.74) is 1.29. The Labute approximate surface area is 107 Å². The summed E-state index contributed by atoms with van der Waals surface area (Å²) < 4.78 is 2.36. The van der Waals surface area contributed by atoms with Crippen molar-refractivity contribution in [2.75, 3.05) is 20.2 Å². The molecule has 0 aliphatic carbocycles. The standard InChI is InChI=1S/C10H13BrINO/c1-13(4-5-14)7-8-6-9(11)2-3-10(8)12/h2-3,6,14H,4-5,7H2,1H3. The molecule has 0 aliphatic heterocycles. The highest BCUT2D eigenvalue weighted by molar-refractivity contribution is 14.1. The molecule has 0 aliphatic rings. The van der Waals surface area contributed by atoms with Crippen molar-refractivity contribution in [2.24, 2.45) is 0 Å². The number of aliphatic hydroxyl groups excluding tert-OH is 1. The van der Waals surface area contributed by atoms with Crippen LogP contribution in [0.5, 0.6) is 0 Å². The van der Waals surface area contributed by atoms with Crippen molar-refractivity contribution < 1.29 is 5.11 Å². The number of hydrogen-bond acceptors (Lipinski definition) is 2. The highest BCUT2D eigenvalue weighted by Crippen LogP contribution is 2.19. The Kier molecular flexibility index (Phi) is 5.36. The lowest BCUT2D eigenvalue weighted by Gasteiger charge is -2.16. The first-order valence-electron chi connectivity index (χ1n) is 4.37. The van der Waals surface area contributed by atoms with E-state index in [1.807, 2.05) is 13.1 Å². The molecule has 1 aromatic carbocycles. The fourth-order valence-electron chi connectivity index (χ4n) is 1.21. The van der Waals surface area contributed by atoms with Crippen LogP contribution in [0.2, 0.25) is 0 Å². The summed E-state index contributed by atoms with van der Waals surface area (Å²) in [5.74, 6) is 0. The number of benzene rings is 1. The van der Waals surface area contributed by atoms with E-state index in [1.54, 1.807) is 0 Å². The van der Waals surface area contributed by atoms with Gasteiger partial charge in [0.05, 0.1) is 6.61 Å². The normalized spacial score (nSPS) is 10.9. The zero-order valence-electron chi connectivity index (χ0n) is 8.00. The first kappa shape index (κ1) is 12.4. The molecule has 0 bridgehead atoms. The van der Waals surface area contributed by atoms with Gasteiger partial charge in [0.2, 0.25) is 0 Å². The fraction of sp³-hybridized carbons (Fsp3) is 0.400. The summed E-state index contributed by atoms with van der Waals surface area (Å²) in [4.78, 5) is 2.10. The highest BCUT2D eigenvalue weighted by atomic mass is 127. The van der Waals surface area contributed by atoms with E-state index >= 15 is 0 Å². The van der Waals surface area contributed by atoms with E-state index in [9.17, 15) is 0 Å². The molecule has 1 rings (SSSR count). The predicted molar refractivity (Wildman–Crippen MR) is 70.3 cm³/mol. The smallest absolute Gasteiger partial charge is 0.0558 e. The van der Waals surface area contributed by atoms with Gasteiger partial charge in [0.25, 0.3) is 0 Å². The lowest BCUT2D eigenvalue weighted by Crippen LogP contribution is -2.21. The van der Waals surface area contributed by atoms with Crippen molar-refractivity contribution >= 4 is 38.5 Å². The van der Waals surface area contributed by atoms with Crippen LogP contribution in [-0.2, 0) is 6.54 Å². The van der Waals surface area contributed by atoms with Crippen LogP contribution in [0, 0.1) is 3.57 Å². The Morgan fingerprint density at radius 2 is 2.21 bits per heavy atom. The molecule has 0 saturated heterocycles. The van der Waals surface area contributed by atoms with E-state index in [-0.39, 0.29) is 6.61 Å². The molecule has 1 aromatic rings. The van der Waals surface area contributed by atoms with Gasteiger partial charge in [-0.05, 0) is 53.4 Å². The van der Waals surface area contributed by atoms with Gasteiger partial charge in [-0.1, -0.05) is 15.9 Å². The minimum Gasteiger partial charge on any atom is -0.395 e. The fourth-order valence-corrected chi connectivity index (χ4v) is 2.12. The SMILES string of the molecule is CN(CCO)Cc1cc(Br)ccc1I. The zero-order valence-corrected chi connectivity index (χ0v) is 11.7. The molecule has 0 atom stereocenters. The molecule has 0 heterocycles. The van der Waals surface area contributed by atoms with Crippen molar-refractivity contribution in [1.82, 2.24) is 4.90 Å². The topological polar surface area (TPSA) is 23.5 Å². The summed E-state index contributed by atoms with van der Waals surface area (Å²) in [7, 11) is 2.01. The Balaban J connectivity index is 2.70. The number of halogens is 2. The quantitative estimate of drug-likeness (QED) is 0.824. The van der Waals surface area contributed by atoms with Crippen LogP contribution < -0.4 is 0 Å². The second-order valence-electron chi connectivity index (χ2n) is 3.20. The maximum atomic E-state index is 8.79. The third kappa shape index (κ3) is 3.84. The molecule has 0 aromatic heterocycles. The lowest BCUT2D eigenvalue weighted by molar-refractivity contribution is 0.217. The molecule has 0 spiro atoms. The van der Waals surface area contributed by atoms with Crippen molar-refractivity contribution in [3.05, 3.63) is 31.8 Å². The number of rotatable bonds is 4. The van der Waals surface area contributed by atoms with E-state index in [1.165, 1.54) is 9.13 Å². The highest BCUT2D eigenvalue weighted by Gasteiger charge is 2.04. The van der Waals surface area contributed by atoms with Gasteiger partial charge in [-0.15, -0.1) is 0 Å². The van der Waals surface area contributed by atoms with Crippen LogP contribution in [-0.4, -0.2) is 30.2 Å². The van der Waals surface area contributed by atoms with Crippen molar-refractivity contribution in [3.8, 4) is 0 Å². The van der Waals surface area contributed by atoms with E-state index in [2.05, 4.69) is 55.6 Å². The maximum Gasteiger partial charge on any atom is 0.0558 e. The summed E-state index contributed by atoms with van der Waals surface area (Å²) in [6, 6.07) is 6.25. The van der Waals surface area contributed by atoms with Gasteiger partial charge >= 0.3 is 0 Å². The second kappa shape index (κ2) is 6.05. The summed E-state index contributed by atoms with van der Waals surface area (Å²) in [6.07, 6.45) is 0. The van der Waals surface area contributed by atoms with Crippen molar-refractivity contribution in [2.45, 2.75) is 6.54 Å². The van der Waals surface area contributed by atoms with Crippen LogP contribution in [0.25, 0.3) is 0 Å². The van der Waals surface area contributed by atoms with Gasteiger partial charge in [0, 0.05) is 21.1 Å². The van der Waals surface area contributed by atoms with E-state index in [0.29, 0.717) is 6.54 Å². The summed E-state index contributed by atoms with van der Waals surface area (Å²) in [5, 5.41) is 8.79. The average Bonchev–Trinajstić information content (AvgIpc) is 2.12. The molecule has 0 amide bonds. The monoisotopic (exact) mass is 369 g/mol. The van der Waals surface area contributed by atoms with E-state index in [4.69, 9.17) is 5.11 Å². The third-order valence-electron chi connectivity index (χ3n) is 1.93. The molecule has 1 N–H and O–H groups in total. The van der Waals surface area contributed by atoms with Gasteiger partial charge in [-0.2, -0.15) is 0 Å². The van der Waals surface area contributed by atoms with Gasteiger partial charge in [-0.3, -0.25) is 4.90 Å². The second-order valence-corrected chi connectivity index (χ2v) is 5.27. The molecule has 0 radical (unpaired) electrons.